The number of hydrogen-bond acceptors (Lipinski definition) is 6. The first-order chi connectivity index (χ1) is 12.0. The van der Waals surface area contributed by atoms with Gasteiger partial charge in [0.05, 0.1) is 23.7 Å². The van der Waals surface area contributed by atoms with Gasteiger partial charge in [0.15, 0.2) is 4.47 Å². The summed E-state index contributed by atoms with van der Waals surface area (Å²) in [6.45, 7) is 0.726. The van der Waals surface area contributed by atoms with Crippen LogP contribution in [0.5, 0.6) is 0 Å². The molecule has 1 aromatic carbocycles. The van der Waals surface area contributed by atoms with Gasteiger partial charge in [-0.15, -0.1) is 11.3 Å². The highest BCUT2D eigenvalue weighted by atomic mass is 35.5. The fourth-order valence-corrected chi connectivity index (χ4v) is 3.98. The third-order valence-corrected chi connectivity index (χ3v) is 5.86. The van der Waals surface area contributed by atoms with Gasteiger partial charge in [0.2, 0.25) is 10.0 Å². The van der Waals surface area contributed by atoms with Crippen LogP contribution in [-0.4, -0.2) is 18.4 Å². The van der Waals surface area contributed by atoms with Gasteiger partial charge in [-0.3, -0.25) is 4.98 Å². The highest BCUT2D eigenvalue weighted by Gasteiger charge is 2.13. The smallest absolute Gasteiger partial charge is 0.240 e. The maximum atomic E-state index is 12.3. The molecule has 3 aromatic rings. The van der Waals surface area contributed by atoms with E-state index in [0.29, 0.717) is 16.7 Å². The molecule has 25 heavy (non-hydrogen) atoms. The number of benzene rings is 1. The van der Waals surface area contributed by atoms with Crippen LogP contribution in [0.25, 0.3) is 0 Å². The van der Waals surface area contributed by atoms with Crippen LogP contribution in [0.15, 0.2) is 59.8 Å². The minimum atomic E-state index is -3.58. The number of sulfonamides is 1. The zero-order valence-corrected chi connectivity index (χ0v) is 15.4. The van der Waals surface area contributed by atoms with Crippen LogP contribution >= 0.6 is 22.9 Å². The lowest BCUT2D eigenvalue weighted by Gasteiger charge is -2.08. The van der Waals surface area contributed by atoms with Gasteiger partial charge >= 0.3 is 0 Å². The van der Waals surface area contributed by atoms with E-state index in [-0.39, 0.29) is 11.4 Å². The molecule has 0 aliphatic rings. The Labute approximate surface area is 155 Å². The molecule has 2 heterocycles. The Balaban J connectivity index is 1.60. The Morgan fingerprint density at radius 3 is 2.48 bits per heavy atom. The molecule has 0 aliphatic carbocycles. The monoisotopic (exact) mass is 394 g/mol. The van der Waals surface area contributed by atoms with Crippen LogP contribution in [0, 0.1) is 0 Å². The van der Waals surface area contributed by atoms with E-state index in [2.05, 4.69) is 20.0 Å². The predicted octanol–water partition coefficient (Wildman–Crippen LogP) is 3.28. The predicted molar refractivity (Wildman–Crippen MR) is 99.2 cm³/mol. The average Bonchev–Trinajstić information content (AvgIpc) is 3.05. The van der Waals surface area contributed by atoms with E-state index in [1.54, 1.807) is 48.8 Å². The summed E-state index contributed by atoms with van der Waals surface area (Å²) in [7, 11) is -3.58. The van der Waals surface area contributed by atoms with Crippen molar-refractivity contribution in [3.05, 3.63) is 69.9 Å². The molecule has 0 saturated heterocycles. The molecule has 0 fully saturated rings. The van der Waals surface area contributed by atoms with Crippen molar-refractivity contribution in [3.63, 3.8) is 0 Å². The highest BCUT2D eigenvalue weighted by Crippen LogP contribution is 2.20. The van der Waals surface area contributed by atoms with E-state index in [1.807, 2.05) is 6.07 Å². The van der Waals surface area contributed by atoms with Gasteiger partial charge in [0, 0.05) is 23.0 Å². The number of thiazole rings is 1. The number of anilines is 1. The van der Waals surface area contributed by atoms with Crippen molar-refractivity contribution >= 4 is 38.6 Å². The van der Waals surface area contributed by atoms with E-state index >= 15 is 0 Å². The van der Waals surface area contributed by atoms with Gasteiger partial charge < -0.3 is 5.32 Å². The summed E-state index contributed by atoms with van der Waals surface area (Å²) >= 11 is 7.19. The van der Waals surface area contributed by atoms with Crippen LogP contribution in [-0.2, 0) is 23.1 Å². The Hall–Kier alpha value is -2.00. The largest absolute Gasteiger partial charge is 0.380 e. The molecule has 0 atom stereocenters. The van der Waals surface area contributed by atoms with Gasteiger partial charge in [-0.25, -0.2) is 18.1 Å². The lowest BCUT2D eigenvalue weighted by atomic mass is 10.3. The zero-order valence-electron chi connectivity index (χ0n) is 13.0. The summed E-state index contributed by atoms with van der Waals surface area (Å²) in [6.07, 6.45) is 3.33. The molecule has 2 aromatic heterocycles. The number of halogens is 1. The molecular weight excluding hydrogens is 380 g/mol. The number of nitrogens with one attached hydrogen (secondary N) is 2. The van der Waals surface area contributed by atoms with E-state index in [1.165, 1.54) is 11.3 Å². The number of pyridine rings is 1. The van der Waals surface area contributed by atoms with Gasteiger partial charge in [0.1, 0.15) is 0 Å². The van der Waals surface area contributed by atoms with Crippen LogP contribution in [0.4, 0.5) is 5.69 Å². The second-order valence-corrected chi connectivity index (χ2v) is 8.57. The molecular formula is C16H15ClN4O2S2. The van der Waals surface area contributed by atoms with Crippen molar-refractivity contribution in [2.45, 2.75) is 18.0 Å². The first kappa shape index (κ1) is 17.8. The summed E-state index contributed by atoms with van der Waals surface area (Å²) in [6, 6.07) is 11.9. The van der Waals surface area contributed by atoms with E-state index in [9.17, 15) is 8.42 Å². The summed E-state index contributed by atoms with van der Waals surface area (Å²) < 4.78 is 27.7. The third kappa shape index (κ3) is 4.99. The minimum absolute atomic E-state index is 0.148. The van der Waals surface area contributed by atoms with Gasteiger partial charge in [0.25, 0.3) is 0 Å². The third-order valence-electron chi connectivity index (χ3n) is 3.33. The van der Waals surface area contributed by atoms with Crippen molar-refractivity contribution in [2.75, 3.05) is 5.32 Å². The van der Waals surface area contributed by atoms with E-state index in [0.717, 1.165) is 10.6 Å². The molecule has 2 N–H and O–H groups in total. The van der Waals surface area contributed by atoms with E-state index in [4.69, 9.17) is 11.6 Å². The SMILES string of the molecule is O=S(=O)(NCc1ccccn1)c1ccc(NCc2cnc(Cl)s2)cc1. The molecule has 0 saturated carbocycles. The van der Waals surface area contributed by atoms with Crippen molar-refractivity contribution in [3.8, 4) is 0 Å². The summed E-state index contributed by atoms with van der Waals surface area (Å²) in [5.74, 6) is 0. The van der Waals surface area contributed by atoms with Crippen LogP contribution in [0.1, 0.15) is 10.6 Å². The minimum Gasteiger partial charge on any atom is -0.380 e. The maximum Gasteiger partial charge on any atom is 0.240 e. The number of rotatable bonds is 7. The summed E-state index contributed by atoms with van der Waals surface area (Å²) in [4.78, 5) is 9.27. The molecule has 3 rings (SSSR count). The first-order valence-corrected chi connectivity index (χ1v) is 10.0. The van der Waals surface area contributed by atoms with Crippen LogP contribution in [0.3, 0.4) is 0 Å². The standard InChI is InChI=1S/C16H15ClN4O2S2/c17-16-20-11-14(24-16)10-19-12-4-6-15(7-5-12)25(22,23)21-9-13-3-1-2-8-18-13/h1-8,11,19,21H,9-10H2. The second-order valence-electron chi connectivity index (χ2n) is 5.10. The molecule has 130 valence electrons. The van der Waals surface area contributed by atoms with Crippen LogP contribution < -0.4 is 10.0 Å². The molecule has 0 amide bonds. The van der Waals surface area contributed by atoms with Crippen molar-refractivity contribution in [1.82, 2.24) is 14.7 Å². The zero-order chi connectivity index (χ0) is 17.7. The maximum absolute atomic E-state index is 12.3. The Bertz CT molecular complexity index is 928. The van der Waals surface area contributed by atoms with Crippen molar-refractivity contribution in [1.29, 1.82) is 0 Å². The van der Waals surface area contributed by atoms with Gasteiger partial charge in [-0.05, 0) is 36.4 Å². The summed E-state index contributed by atoms with van der Waals surface area (Å²) in [5, 5.41) is 3.20. The number of hydrogen-bond donors (Lipinski definition) is 2. The van der Waals surface area contributed by atoms with Gasteiger partial charge in [-0.1, -0.05) is 17.7 Å². The fourth-order valence-electron chi connectivity index (χ4n) is 2.06. The quantitative estimate of drug-likeness (QED) is 0.642. The lowest BCUT2D eigenvalue weighted by Crippen LogP contribution is -2.23. The van der Waals surface area contributed by atoms with Crippen molar-refractivity contribution < 1.29 is 8.42 Å². The molecule has 0 aliphatic heterocycles. The summed E-state index contributed by atoms with van der Waals surface area (Å²) in [5.41, 5.74) is 1.47. The van der Waals surface area contributed by atoms with Crippen molar-refractivity contribution in [2.24, 2.45) is 0 Å². The average molecular weight is 395 g/mol. The molecule has 0 bridgehead atoms. The topological polar surface area (TPSA) is 84.0 Å². The van der Waals surface area contributed by atoms with E-state index < -0.39 is 10.0 Å². The first-order valence-electron chi connectivity index (χ1n) is 7.37. The number of aromatic nitrogens is 2. The Morgan fingerprint density at radius 2 is 1.84 bits per heavy atom. The Morgan fingerprint density at radius 1 is 1.04 bits per heavy atom. The molecule has 9 heteroatoms. The van der Waals surface area contributed by atoms with Crippen LogP contribution in [0.2, 0.25) is 4.47 Å². The van der Waals surface area contributed by atoms with Gasteiger partial charge in [-0.2, -0.15) is 0 Å². The fraction of sp³-hybridized carbons (Fsp3) is 0.125. The second kappa shape index (κ2) is 7.92. The number of nitrogens with zero attached hydrogens (tertiary/aromatic N) is 2. The lowest BCUT2D eigenvalue weighted by molar-refractivity contribution is 0.580. The Kier molecular flexibility index (Phi) is 5.64. The molecule has 0 spiro atoms. The molecule has 0 unspecified atom stereocenters. The highest BCUT2D eigenvalue weighted by molar-refractivity contribution is 7.89. The normalized spacial score (nSPS) is 11.4. The molecule has 0 radical (unpaired) electrons. The molecule has 6 nitrogen and oxygen atoms in total.